The Balaban J connectivity index is 1.41. The predicted molar refractivity (Wildman–Crippen MR) is 102 cm³/mol. The fraction of sp³-hybridized carbons (Fsp3) is 0.450. The standard InChI is InChI=1S/C20H26FN5O/c21-16-7-3-13(4-8-16)11-17(22)19(27)25-12-14-1-5-15(6-2-14)18-9-10-24-20(23)26-18/h3-4,7-10,14-15,17H,1-2,5-6,11-12,22H2,(H,25,27)(H2,23,24,26)/t14?,15?,17-/m0/s1. The van der Waals surface area contributed by atoms with E-state index in [-0.39, 0.29) is 11.7 Å². The highest BCUT2D eigenvalue weighted by Gasteiger charge is 2.24. The molecule has 1 atom stereocenters. The van der Waals surface area contributed by atoms with Gasteiger partial charge in [-0.15, -0.1) is 0 Å². The van der Waals surface area contributed by atoms with Crippen LogP contribution in [0.3, 0.4) is 0 Å². The molecule has 0 unspecified atom stereocenters. The van der Waals surface area contributed by atoms with E-state index in [9.17, 15) is 9.18 Å². The van der Waals surface area contributed by atoms with Gasteiger partial charge in [-0.1, -0.05) is 12.1 Å². The zero-order valence-corrected chi connectivity index (χ0v) is 15.3. The van der Waals surface area contributed by atoms with Crippen LogP contribution in [0.1, 0.15) is 42.9 Å². The number of nitrogen functional groups attached to an aromatic ring is 1. The van der Waals surface area contributed by atoms with Crippen LogP contribution in [-0.4, -0.2) is 28.5 Å². The van der Waals surface area contributed by atoms with Crippen LogP contribution >= 0.6 is 0 Å². The summed E-state index contributed by atoms with van der Waals surface area (Å²) in [4.78, 5) is 20.5. The number of nitrogens with one attached hydrogen (secondary N) is 1. The summed E-state index contributed by atoms with van der Waals surface area (Å²) in [5, 5.41) is 2.96. The summed E-state index contributed by atoms with van der Waals surface area (Å²) in [5.74, 6) is 0.712. The van der Waals surface area contributed by atoms with Gasteiger partial charge in [0, 0.05) is 24.4 Å². The Bertz CT molecular complexity index is 759. The first-order valence-corrected chi connectivity index (χ1v) is 9.37. The van der Waals surface area contributed by atoms with Crippen molar-refractivity contribution in [1.82, 2.24) is 15.3 Å². The molecule has 0 aliphatic heterocycles. The summed E-state index contributed by atoms with van der Waals surface area (Å²) in [6.07, 6.45) is 6.21. The maximum absolute atomic E-state index is 12.9. The van der Waals surface area contributed by atoms with Gasteiger partial charge >= 0.3 is 0 Å². The SMILES string of the molecule is Nc1nccc(C2CCC(CNC(=O)[C@@H](N)Cc3ccc(F)cc3)CC2)n1. The average Bonchev–Trinajstić information content (AvgIpc) is 2.68. The topological polar surface area (TPSA) is 107 Å². The van der Waals surface area contributed by atoms with Crippen LogP contribution in [0.2, 0.25) is 0 Å². The number of benzene rings is 1. The second-order valence-electron chi connectivity index (χ2n) is 7.24. The van der Waals surface area contributed by atoms with Gasteiger partial charge in [0.15, 0.2) is 0 Å². The quantitative estimate of drug-likeness (QED) is 0.721. The highest BCUT2D eigenvalue weighted by molar-refractivity contribution is 5.81. The van der Waals surface area contributed by atoms with Crippen molar-refractivity contribution >= 4 is 11.9 Å². The van der Waals surface area contributed by atoms with E-state index in [2.05, 4.69) is 15.3 Å². The van der Waals surface area contributed by atoms with Gasteiger partial charge in [0.25, 0.3) is 0 Å². The normalized spacial score (nSPS) is 20.8. The lowest BCUT2D eigenvalue weighted by molar-refractivity contribution is -0.122. The smallest absolute Gasteiger partial charge is 0.237 e. The molecular weight excluding hydrogens is 345 g/mol. The summed E-state index contributed by atoms with van der Waals surface area (Å²) in [6.45, 7) is 0.634. The minimum atomic E-state index is -0.629. The molecule has 1 saturated carbocycles. The molecule has 7 heteroatoms. The number of halogens is 1. The third-order valence-corrected chi connectivity index (χ3v) is 5.23. The first-order valence-electron chi connectivity index (χ1n) is 9.37. The van der Waals surface area contributed by atoms with Gasteiger partial charge < -0.3 is 16.8 Å². The molecule has 1 aromatic heterocycles. The number of amides is 1. The summed E-state index contributed by atoms with van der Waals surface area (Å²) in [7, 11) is 0. The first kappa shape index (κ1) is 19.2. The highest BCUT2D eigenvalue weighted by atomic mass is 19.1. The maximum Gasteiger partial charge on any atom is 0.237 e. The van der Waals surface area contributed by atoms with E-state index in [1.54, 1.807) is 18.3 Å². The van der Waals surface area contributed by atoms with Crippen molar-refractivity contribution in [2.24, 2.45) is 11.7 Å². The van der Waals surface area contributed by atoms with Crippen LogP contribution in [0, 0.1) is 11.7 Å². The molecular formula is C20H26FN5O. The van der Waals surface area contributed by atoms with Gasteiger partial charge in [-0.3, -0.25) is 4.79 Å². The number of nitrogens with zero attached hydrogens (tertiary/aromatic N) is 2. The number of carbonyl (C=O) groups excluding carboxylic acids is 1. The lowest BCUT2D eigenvalue weighted by Crippen LogP contribution is -2.44. The molecule has 1 amide bonds. The lowest BCUT2D eigenvalue weighted by Gasteiger charge is -2.28. The highest BCUT2D eigenvalue weighted by Crippen LogP contribution is 2.34. The predicted octanol–water partition coefficient (Wildman–Crippen LogP) is 2.16. The molecule has 0 saturated heterocycles. The van der Waals surface area contributed by atoms with Crippen LogP contribution in [0.15, 0.2) is 36.5 Å². The molecule has 144 valence electrons. The van der Waals surface area contributed by atoms with E-state index in [0.29, 0.717) is 30.7 Å². The van der Waals surface area contributed by atoms with Crippen molar-refractivity contribution in [1.29, 1.82) is 0 Å². The van der Waals surface area contributed by atoms with Crippen LogP contribution in [0.25, 0.3) is 0 Å². The summed E-state index contributed by atoms with van der Waals surface area (Å²) in [5.41, 5.74) is 13.5. The zero-order chi connectivity index (χ0) is 19.2. The molecule has 1 fully saturated rings. The Morgan fingerprint density at radius 2 is 1.89 bits per heavy atom. The van der Waals surface area contributed by atoms with Crippen molar-refractivity contribution < 1.29 is 9.18 Å². The minimum Gasteiger partial charge on any atom is -0.368 e. The molecule has 1 heterocycles. The monoisotopic (exact) mass is 371 g/mol. The second-order valence-corrected chi connectivity index (χ2v) is 7.24. The molecule has 6 nitrogen and oxygen atoms in total. The molecule has 1 aromatic carbocycles. The number of rotatable bonds is 6. The molecule has 1 aliphatic rings. The third kappa shape index (κ3) is 5.47. The van der Waals surface area contributed by atoms with E-state index in [1.807, 2.05) is 6.07 Å². The zero-order valence-electron chi connectivity index (χ0n) is 15.3. The van der Waals surface area contributed by atoms with Crippen molar-refractivity contribution in [2.45, 2.75) is 44.1 Å². The number of hydrogen-bond donors (Lipinski definition) is 3. The average molecular weight is 371 g/mol. The van der Waals surface area contributed by atoms with Gasteiger partial charge in [0.05, 0.1) is 6.04 Å². The molecule has 5 N–H and O–H groups in total. The Hall–Kier alpha value is -2.54. The molecule has 0 radical (unpaired) electrons. The Kier molecular flexibility index (Phi) is 6.34. The van der Waals surface area contributed by atoms with Crippen molar-refractivity contribution in [2.75, 3.05) is 12.3 Å². The van der Waals surface area contributed by atoms with Gasteiger partial charge in [-0.25, -0.2) is 14.4 Å². The van der Waals surface area contributed by atoms with E-state index in [0.717, 1.165) is 36.9 Å². The van der Waals surface area contributed by atoms with Gasteiger partial charge in [-0.2, -0.15) is 0 Å². The maximum atomic E-state index is 12.9. The molecule has 27 heavy (non-hydrogen) atoms. The van der Waals surface area contributed by atoms with E-state index in [4.69, 9.17) is 11.5 Å². The third-order valence-electron chi connectivity index (χ3n) is 5.23. The molecule has 3 rings (SSSR count). The van der Waals surface area contributed by atoms with Crippen molar-refractivity contribution in [3.05, 3.63) is 53.6 Å². The number of nitrogens with two attached hydrogens (primary N) is 2. The van der Waals surface area contributed by atoms with Crippen LogP contribution < -0.4 is 16.8 Å². The van der Waals surface area contributed by atoms with E-state index in [1.165, 1.54) is 12.1 Å². The minimum absolute atomic E-state index is 0.162. The van der Waals surface area contributed by atoms with Crippen LogP contribution in [-0.2, 0) is 11.2 Å². The largest absolute Gasteiger partial charge is 0.368 e. The van der Waals surface area contributed by atoms with Crippen LogP contribution in [0.5, 0.6) is 0 Å². The van der Waals surface area contributed by atoms with Crippen molar-refractivity contribution in [3.8, 4) is 0 Å². The van der Waals surface area contributed by atoms with Gasteiger partial charge in [0.1, 0.15) is 5.82 Å². The molecule has 0 bridgehead atoms. The van der Waals surface area contributed by atoms with E-state index < -0.39 is 6.04 Å². The van der Waals surface area contributed by atoms with Gasteiger partial charge in [0.2, 0.25) is 11.9 Å². The Morgan fingerprint density at radius 1 is 1.19 bits per heavy atom. The Labute approximate surface area is 158 Å². The fourth-order valence-electron chi connectivity index (χ4n) is 3.62. The molecule has 2 aromatic rings. The molecule has 1 aliphatic carbocycles. The van der Waals surface area contributed by atoms with E-state index >= 15 is 0 Å². The number of carbonyl (C=O) groups is 1. The summed E-state index contributed by atoms with van der Waals surface area (Å²) < 4.78 is 12.9. The fourth-order valence-corrected chi connectivity index (χ4v) is 3.62. The lowest BCUT2D eigenvalue weighted by atomic mass is 9.80. The van der Waals surface area contributed by atoms with Gasteiger partial charge in [-0.05, 0) is 61.8 Å². The van der Waals surface area contributed by atoms with Crippen molar-refractivity contribution in [3.63, 3.8) is 0 Å². The number of anilines is 1. The number of hydrogen-bond acceptors (Lipinski definition) is 5. The second kappa shape index (κ2) is 8.90. The molecule has 0 spiro atoms. The summed E-state index contributed by atoms with van der Waals surface area (Å²) in [6, 6.07) is 7.37. The first-order chi connectivity index (χ1) is 13.0. The van der Waals surface area contributed by atoms with Crippen LogP contribution in [0.4, 0.5) is 10.3 Å². The number of aromatic nitrogens is 2. The Morgan fingerprint density at radius 3 is 2.56 bits per heavy atom. The summed E-state index contributed by atoms with van der Waals surface area (Å²) >= 11 is 0.